The highest BCUT2D eigenvalue weighted by Gasteiger charge is 2.25. The minimum absolute atomic E-state index is 0.0457. The molecule has 4 rings (SSSR count). The molecule has 0 fully saturated rings. The zero-order valence-electron chi connectivity index (χ0n) is 17.9. The predicted molar refractivity (Wildman–Crippen MR) is 126 cm³/mol. The third-order valence-electron chi connectivity index (χ3n) is 5.68. The molecule has 8 heteroatoms. The Morgan fingerprint density at radius 3 is 2.47 bits per heavy atom. The highest BCUT2D eigenvalue weighted by atomic mass is 35.5. The summed E-state index contributed by atoms with van der Waals surface area (Å²) in [6, 6.07) is 10.7. The van der Waals surface area contributed by atoms with Crippen LogP contribution in [0.5, 0.6) is 0 Å². The van der Waals surface area contributed by atoms with Gasteiger partial charge in [-0.15, -0.1) is 0 Å². The van der Waals surface area contributed by atoms with Crippen molar-refractivity contribution in [2.45, 2.75) is 25.6 Å². The molecule has 5 nitrogen and oxygen atoms in total. The van der Waals surface area contributed by atoms with Crippen LogP contribution in [0.2, 0.25) is 5.02 Å². The number of hydrogen-bond donors (Lipinski definition) is 0. The number of hydrogen-bond acceptors (Lipinski definition) is 4. The van der Waals surface area contributed by atoms with E-state index in [0.717, 1.165) is 22.3 Å². The summed E-state index contributed by atoms with van der Waals surface area (Å²) < 4.78 is 39.7. The quantitative estimate of drug-likeness (QED) is 0.553. The van der Waals surface area contributed by atoms with Crippen LogP contribution in [-0.2, 0) is 22.6 Å². The van der Waals surface area contributed by atoms with Crippen LogP contribution in [0.1, 0.15) is 42.1 Å². The molecule has 166 valence electrons. The SMILES string of the molecule is CCS(=O)(=O)Cc1ccc2c(c1)-c1cn(C)c(=O)cc1[C@H](C)N=C2c1ccc(F)cc1Cl. The van der Waals surface area contributed by atoms with E-state index in [2.05, 4.69) is 0 Å². The fourth-order valence-electron chi connectivity index (χ4n) is 3.91. The highest BCUT2D eigenvalue weighted by molar-refractivity contribution is 7.90. The Labute approximate surface area is 191 Å². The van der Waals surface area contributed by atoms with E-state index in [4.69, 9.17) is 16.6 Å². The van der Waals surface area contributed by atoms with Crippen LogP contribution in [-0.4, -0.2) is 24.4 Å². The van der Waals surface area contributed by atoms with Gasteiger partial charge >= 0.3 is 0 Å². The first-order valence-electron chi connectivity index (χ1n) is 10.2. The van der Waals surface area contributed by atoms with Crippen LogP contribution in [0.3, 0.4) is 0 Å². The van der Waals surface area contributed by atoms with Gasteiger partial charge in [0.2, 0.25) is 0 Å². The molecule has 0 N–H and O–H groups in total. The fourth-order valence-corrected chi connectivity index (χ4v) is 5.06. The lowest BCUT2D eigenvalue weighted by molar-refractivity contribution is 0.596. The molecule has 32 heavy (non-hydrogen) atoms. The first-order valence-corrected chi connectivity index (χ1v) is 12.4. The molecule has 1 aromatic heterocycles. The summed E-state index contributed by atoms with van der Waals surface area (Å²) in [6.45, 7) is 3.50. The van der Waals surface area contributed by atoms with Crippen molar-refractivity contribution < 1.29 is 12.8 Å². The number of pyridine rings is 1. The smallest absolute Gasteiger partial charge is 0.250 e. The van der Waals surface area contributed by atoms with E-state index in [1.165, 1.54) is 16.7 Å². The molecular weight excluding hydrogens is 451 g/mol. The molecule has 0 radical (unpaired) electrons. The van der Waals surface area contributed by atoms with Crippen LogP contribution in [0.4, 0.5) is 4.39 Å². The molecule has 2 heterocycles. The zero-order chi connectivity index (χ0) is 23.2. The lowest BCUT2D eigenvalue weighted by atomic mass is 9.91. The van der Waals surface area contributed by atoms with E-state index in [-0.39, 0.29) is 28.1 Å². The van der Waals surface area contributed by atoms with Gasteiger partial charge < -0.3 is 4.57 Å². The van der Waals surface area contributed by atoms with Crippen molar-refractivity contribution >= 4 is 27.1 Å². The van der Waals surface area contributed by atoms with Crippen molar-refractivity contribution in [1.29, 1.82) is 0 Å². The average Bonchev–Trinajstić information content (AvgIpc) is 2.84. The number of sulfone groups is 1. The Morgan fingerprint density at radius 2 is 1.78 bits per heavy atom. The highest BCUT2D eigenvalue weighted by Crippen LogP contribution is 2.38. The van der Waals surface area contributed by atoms with Crippen molar-refractivity contribution in [3.8, 4) is 11.1 Å². The summed E-state index contributed by atoms with van der Waals surface area (Å²) in [4.78, 5) is 17.2. The van der Waals surface area contributed by atoms with E-state index in [9.17, 15) is 17.6 Å². The van der Waals surface area contributed by atoms with E-state index >= 15 is 0 Å². The second-order valence-corrected chi connectivity index (χ2v) is 10.7. The molecule has 1 aliphatic rings. The van der Waals surface area contributed by atoms with Gasteiger partial charge in [-0.05, 0) is 47.9 Å². The molecule has 0 aliphatic carbocycles. The number of fused-ring (bicyclic) bond motifs is 3. The van der Waals surface area contributed by atoms with Gasteiger partial charge in [-0.2, -0.15) is 0 Å². The molecule has 1 aliphatic heterocycles. The molecule has 0 saturated carbocycles. The number of benzene rings is 2. The Kier molecular flexibility index (Phi) is 5.81. The van der Waals surface area contributed by atoms with Crippen molar-refractivity contribution in [1.82, 2.24) is 4.57 Å². The van der Waals surface area contributed by atoms with Crippen LogP contribution in [0, 0.1) is 5.82 Å². The second kappa shape index (κ2) is 8.30. The topological polar surface area (TPSA) is 68.5 Å². The Hall–Kier alpha value is -2.77. The normalized spacial score (nSPS) is 15.5. The first-order chi connectivity index (χ1) is 15.1. The van der Waals surface area contributed by atoms with Crippen LogP contribution in [0.15, 0.2) is 58.4 Å². The molecular formula is C24H22ClFN2O3S. The molecule has 1 atom stereocenters. The summed E-state index contributed by atoms with van der Waals surface area (Å²) in [5.74, 6) is -0.492. The maximum absolute atomic E-state index is 13.7. The van der Waals surface area contributed by atoms with Gasteiger partial charge in [-0.1, -0.05) is 30.7 Å². The number of rotatable bonds is 4. The van der Waals surface area contributed by atoms with Gasteiger partial charge in [-0.3, -0.25) is 9.79 Å². The second-order valence-electron chi connectivity index (χ2n) is 7.93. The molecule has 0 spiro atoms. The molecule has 3 aromatic rings. The van der Waals surface area contributed by atoms with E-state index in [0.29, 0.717) is 16.8 Å². The zero-order valence-corrected chi connectivity index (χ0v) is 19.5. The van der Waals surface area contributed by atoms with Crippen LogP contribution >= 0.6 is 11.6 Å². The molecule has 2 aromatic carbocycles. The van der Waals surface area contributed by atoms with E-state index in [1.807, 2.05) is 19.1 Å². The fraction of sp³-hybridized carbons (Fsp3) is 0.250. The third-order valence-corrected chi connectivity index (χ3v) is 7.64. The van der Waals surface area contributed by atoms with Gasteiger partial charge in [-0.25, -0.2) is 12.8 Å². The Bertz CT molecular complexity index is 1430. The minimum atomic E-state index is -3.24. The summed E-state index contributed by atoms with van der Waals surface area (Å²) in [5, 5.41) is 0.223. The van der Waals surface area contributed by atoms with Crippen molar-refractivity contribution in [2.75, 3.05) is 5.75 Å². The van der Waals surface area contributed by atoms with Crippen LogP contribution < -0.4 is 5.56 Å². The van der Waals surface area contributed by atoms with Crippen molar-refractivity contribution in [3.05, 3.63) is 92.1 Å². The van der Waals surface area contributed by atoms with Crippen molar-refractivity contribution in [2.24, 2.45) is 12.0 Å². The number of aromatic nitrogens is 1. The lowest BCUT2D eigenvalue weighted by Crippen LogP contribution is -2.17. The predicted octanol–water partition coefficient (Wildman–Crippen LogP) is 4.69. The number of halogens is 2. The van der Waals surface area contributed by atoms with E-state index < -0.39 is 15.7 Å². The summed E-state index contributed by atoms with van der Waals surface area (Å²) in [7, 11) is -1.57. The number of aliphatic imine (C=N–C) groups is 1. The lowest BCUT2D eigenvalue weighted by Gasteiger charge is -2.15. The maximum atomic E-state index is 13.7. The summed E-state index contributed by atoms with van der Waals surface area (Å²) >= 11 is 6.38. The molecule has 0 amide bonds. The summed E-state index contributed by atoms with van der Waals surface area (Å²) in [6.07, 6.45) is 1.75. The largest absolute Gasteiger partial charge is 0.318 e. The molecule has 0 bridgehead atoms. The number of aryl methyl sites for hydroxylation is 1. The Morgan fingerprint density at radius 1 is 1.06 bits per heavy atom. The maximum Gasteiger partial charge on any atom is 0.250 e. The van der Waals surface area contributed by atoms with Crippen molar-refractivity contribution in [3.63, 3.8) is 0 Å². The monoisotopic (exact) mass is 472 g/mol. The molecule has 0 saturated heterocycles. The standard InChI is InChI=1S/C24H22ClFN2O3S/c1-4-32(30,31)13-15-5-7-17-20(9-15)21-12-28(3)23(29)11-19(21)14(2)27-24(17)18-8-6-16(26)10-22(18)25/h5-12,14H,4,13H2,1-3H3/t14-/m0/s1. The van der Waals surface area contributed by atoms with Gasteiger partial charge in [0.15, 0.2) is 9.84 Å². The average molecular weight is 473 g/mol. The van der Waals surface area contributed by atoms with Crippen LogP contribution in [0.25, 0.3) is 11.1 Å². The van der Waals surface area contributed by atoms with E-state index in [1.54, 1.807) is 38.4 Å². The van der Waals surface area contributed by atoms with Gasteiger partial charge in [0.1, 0.15) is 5.82 Å². The van der Waals surface area contributed by atoms with Gasteiger partial charge in [0.05, 0.1) is 22.5 Å². The Balaban J connectivity index is 2.02. The number of nitrogens with zero attached hydrogens (tertiary/aromatic N) is 2. The van der Waals surface area contributed by atoms with Gasteiger partial charge in [0, 0.05) is 41.8 Å². The third kappa shape index (κ3) is 4.14. The molecule has 0 unspecified atom stereocenters. The van der Waals surface area contributed by atoms with Gasteiger partial charge in [0.25, 0.3) is 5.56 Å². The first kappa shape index (κ1) is 22.4. The summed E-state index contributed by atoms with van der Waals surface area (Å²) in [5.41, 5.74) is 4.62. The minimum Gasteiger partial charge on any atom is -0.318 e.